The zero-order chi connectivity index (χ0) is 15.1. The van der Waals surface area contributed by atoms with Gasteiger partial charge >= 0.3 is 0 Å². The zero-order valence-electron chi connectivity index (χ0n) is 13.1. The lowest BCUT2D eigenvalue weighted by Gasteiger charge is -2.28. The molecule has 1 N–H and O–H groups in total. The van der Waals surface area contributed by atoms with Crippen LogP contribution in [0.5, 0.6) is 0 Å². The molecule has 1 atom stereocenters. The Hall–Kier alpha value is -0.680. The van der Waals surface area contributed by atoms with Gasteiger partial charge in [-0.15, -0.1) is 22.7 Å². The van der Waals surface area contributed by atoms with Crippen LogP contribution in [0.2, 0.25) is 0 Å². The summed E-state index contributed by atoms with van der Waals surface area (Å²) >= 11 is 3.68. The van der Waals surface area contributed by atoms with Crippen molar-refractivity contribution < 1.29 is 4.74 Å². The van der Waals surface area contributed by atoms with Crippen LogP contribution in [0.1, 0.15) is 36.1 Å². The molecule has 2 aromatic heterocycles. The molecule has 1 unspecified atom stereocenters. The van der Waals surface area contributed by atoms with E-state index < -0.39 is 0 Å². The molecule has 2 nitrogen and oxygen atoms in total. The maximum Gasteiger partial charge on any atom is 0.0467 e. The molecule has 0 radical (unpaired) electrons. The van der Waals surface area contributed by atoms with E-state index in [1.165, 1.54) is 9.75 Å². The van der Waals surface area contributed by atoms with Gasteiger partial charge in [-0.3, -0.25) is 0 Å². The molecule has 0 amide bonds. The Morgan fingerprint density at radius 2 is 1.95 bits per heavy atom. The van der Waals surface area contributed by atoms with Gasteiger partial charge in [-0.25, -0.2) is 0 Å². The second-order valence-corrected chi connectivity index (χ2v) is 8.15. The van der Waals surface area contributed by atoms with Crippen LogP contribution in [0.4, 0.5) is 0 Å². The highest BCUT2D eigenvalue weighted by Gasteiger charge is 2.21. The third kappa shape index (κ3) is 5.55. The van der Waals surface area contributed by atoms with E-state index >= 15 is 0 Å². The Bertz CT molecular complexity index is 491. The molecular weight excluding hydrogens is 298 g/mol. The fourth-order valence-electron chi connectivity index (χ4n) is 2.26. The highest BCUT2D eigenvalue weighted by Crippen LogP contribution is 2.27. The third-order valence-electron chi connectivity index (χ3n) is 3.68. The number of hydrogen-bond acceptors (Lipinski definition) is 4. The van der Waals surface area contributed by atoms with Crippen molar-refractivity contribution in [3.63, 3.8) is 0 Å². The molecule has 0 aromatic carbocycles. The SMILES string of the molecule is COCCC(C)(C)CNC(Cc1cccs1)c1cccs1. The molecule has 0 bridgehead atoms. The average Bonchev–Trinajstić information content (AvgIpc) is 3.14. The summed E-state index contributed by atoms with van der Waals surface area (Å²) in [6, 6.07) is 9.14. The number of nitrogens with one attached hydrogen (secondary N) is 1. The minimum absolute atomic E-state index is 0.251. The van der Waals surface area contributed by atoms with Gasteiger partial charge in [0.2, 0.25) is 0 Å². The lowest BCUT2D eigenvalue weighted by molar-refractivity contribution is 0.149. The van der Waals surface area contributed by atoms with Crippen molar-refractivity contribution in [1.82, 2.24) is 5.32 Å². The van der Waals surface area contributed by atoms with E-state index in [1.54, 1.807) is 7.11 Å². The summed E-state index contributed by atoms with van der Waals surface area (Å²) in [5, 5.41) is 8.09. The predicted octanol–water partition coefficient (Wildman–Crippen LogP) is 4.75. The lowest BCUT2D eigenvalue weighted by atomic mass is 9.89. The van der Waals surface area contributed by atoms with E-state index in [9.17, 15) is 0 Å². The molecular formula is C17H25NOS2. The Labute approximate surface area is 136 Å². The van der Waals surface area contributed by atoms with E-state index in [2.05, 4.69) is 54.2 Å². The molecule has 0 saturated heterocycles. The number of ether oxygens (including phenoxy) is 1. The van der Waals surface area contributed by atoms with Gasteiger partial charge in [-0.2, -0.15) is 0 Å². The topological polar surface area (TPSA) is 21.3 Å². The van der Waals surface area contributed by atoms with Gasteiger partial charge in [0.05, 0.1) is 0 Å². The molecule has 2 aromatic rings. The third-order valence-corrected chi connectivity index (χ3v) is 5.57. The molecule has 0 fully saturated rings. The predicted molar refractivity (Wildman–Crippen MR) is 93.4 cm³/mol. The number of hydrogen-bond donors (Lipinski definition) is 1. The van der Waals surface area contributed by atoms with E-state index in [1.807, 2.05) is 22.7 Å². The largest absolute Gasteiger partial charge is 0.385 e. The van der Waals surface area contributed by atoms with Crippen molar-refractivity contribution in [1.29, 1.82) is 0 Å². The minimum Gasteiger partial charge on any atom is -0.385 e. The number of thiophene rings is 2. The van der Waals surface area contributed by atoms with Crippen molar-refractivity contribution in [2.45, 2.75) is 32.7 Å². The fraction of sp³-hybridized carbons (Fsp3) is 0.529. The van der Waals surface area contributed by atoms with Crippen LogP contribution < -0.4 is 5.32 Å². The van der Waals surface area contributed by atoms with Crippen LogP contribution in [0, 0.1) is 5.41 Å². The fourth-order valence-corrected chi connectivity index (χ4v) is 3.81. The van der Waals surface area contributed by atoms with Crippen LogP contribution >= 0.6 is 22.7 Å². The Balaban J connectivity index is 1.96. The van der Waals surface area contributed by atoms with Crippen LogP contribution in [-0.4, -0.2) is 20.3 Å². The van der Waals surface area contributed by atoms with Crippen molar-refractivity contribution in [2.75, 3.05) is 20.3 Å². The molecule has 0 aliphatic heterocycles. The molecule has 21 heavy (non-hydrogen) atoms. The van der Waals surface area contributed by atoms with Gasteiger partial charge in [-0.1, -0.05) is 26.0 Å². The van der Waals surface area contributed by atoms with Crippen molar-refractivity contribution in [2.24, 2.45) is 5.41 Å². The van der Waals surface area contributed by atoms with Gasteiger partial charge in [0, 0.05) is 42.5 Å². The normalized spacial score (nSPS) is 13.5. The molecule has 0 saturated carbocycles. The summed E-state index contributed by atoms with van der Waals surface area (Å²) in [7, 11) is 1.77. The van der Waals surface area contributed by atoms with E-state index in [0.29, 0.717) is 6.04 Å². The standard InChI is InChI=1S/C17H25NOS2/c1-17(2,8-9-19-3)13-18-15(16-7-5-11-21-16)12-14-6-4-10-20-14/h4-7,10-11,15,18H,8-9,12-13H2,1-3H3. The Morgan fingerprint density at radius 1 is 1.19 bits per heavy atom. The summed E-state index contributed by atoms with van der Waals surface area (Å²) in [5.74, 6) is 0. The zero-order valence-corrected chi connectivity index (χ0v) is 14.7. The van der Waals surface area contributed by atoms with Crippen molar-refractivity contribution >= 4 is 22.7 Å². The van der Waals surface area contributed by atoms with Gasteiger partial charge in [-0.05, 0) is 34.7 Å². The van der Waals surface area contributed by atoms with Crippen LogP contribution in [0.3, 0.4) is 0 Å². The molecule has 0 aliphatic rings. The first-order valence-electron chi connectivity index (χ1n) is 7.39. The summed E-state index contributed by atoms with van der Waals surface area (Å²) in [5.41, 5.74) is 0.251. The van der Waals surface area contributed by atoms with Crippen LogP contribution in [0.15, 0.2) is 35.0 Å². The molecule has 116 valence electrons. The minimum atomic E-state index is 0.251. The quantitative estimate of drug-likeness (QED) is 0.719. The van der Waals surface area contributed by atoms with E-state index in [-0.39, 0.29) is 5.41 Å². The monoisotopic (exact) mass is 323 g/mol. The second kappa shape index (κ2) is 8.08. The second-order valence-electron chi connectivity index (χ2n) is 6.14. The first kappa shape index (κ1) is 16.7. The molecule has 4 heteroatoms. The van der Waals surface area contributed by atoms with Crippen molar-refractivity contribution in [3.05, 3.63) is 44.8 Å². The average molecular weight is 324 g/mol. The first-order chi connectivity index (χ1) is 10.1. The van der Waals surface area contributed by atoms with E-state index in [0.717, 1.165) is 26.0 Å². The maximum atomic E-state index is 5.22. The number of methoxy groups -OCH3 is 1. The summed E-state index contributed by atoms with van der Waals surface area (Å²) in [4.78, 5) is 2.86. The molecule has 2 heterocycles. The summed E-state index contributed by atoms with van der Waals surface area (Å²) in [6.45, 7) is 6.43. The molecule has 2 rings (SSSR count). The Morgan fingerprint density at radius 3 is 2.57 bits per heavy atom. The van der Waals surface area contributed by atoms with Gasteiger partial charge < -0.3 is 10.1 Å². The van der Waals surface area contributed by atoms with Gasteiger partial charge in [0.15, 0.2) is 0 Å². The molecule has 0 spiro atoms. The first-order valence-corrected chi connectivity index (χ1v) is 9.15. The highest BCUT2D eigenvalue weighted by atomic mass is 32.1. The van der Waals surface area contributed by atoms with Gasteiger partial charge in [0.1, 0.15) is 0 Å². The highest BCUT2D eigenvalue weighted by molar-refractivity contribution is 7.10. The van der Waals surface area contributed by atoms with Gasteiger partial charge in [0.25, 0.3) is 0 Å². The van der Waals surface area contributed by atoms with Crippen LogP contribution in [0.25, 0.3) is 0 Å². The summed E-state index contributed by atoms with van der Waals surface area (Å²) < 4.78 is 5.22. The van der Waals surface area contributed by atoms with Crippen LogP contribution in [-0.2, 0) is 11.2 Å². The van der Waals surface area contributed by atoms with E-state index in [4.69, 9.17) is 4.74 Å². The Kier molecular flexibility index (Phi) is 6.42. The maximum absolute atomic E-state index is 5.22. The summed E-state index contributed by atoms with van der Waals surface area (Å²) in [6.07, 6.45) is 2.14. The molecule has 0 aliphatic carbocycles. The lowest BCUT2D eigenvalue weighted by Crippen LogP contribution is -2.33. The van der Waals surface area contributed by atoms with Crippen molar-refractivity contribution in [3.8, 4) is 0 Å². The smallest absolute Gasteiger partial charge is 0.0467 e. The number of rotatable bonds is 9.